The Balaban J connectivity index is 1.11. The molecule has 75 heavy (non-hydrogen) atoms. The molecular weight excluding hydrogens is 949 g/mol. The molecule has 10 atom stereocenters. The molecule has 12 nitrogen and oxygen atoms in total. The van der Waals surface area contributed by atoms with Crippen LogP contribution in [0, 0.1) is 0 Å². The number of rotatable bonds is 26. The van der Waals surface area contributed by atoms with E-state index in [9.17, 15) is 4.79 Å². The van der Waals surface area contributed by atoms with Crippen LogP contribution in [0.5, 0.6) is 0 Å². The summed E-state index contributed by atoms with van der Waals surface area (Å²) in [6, 6.07) is 69.5. The highest BCUT2D eigenvalue weighted by Gasteiger charge is 2.54. The number of hydrogen-bond acceptors (Lipinski definition) is 12. The van der Waals surface area contributed by atoms with Gasteiger partial charge in [0, 0.05) is 6.92 Å². The normalized spacial score (nSPS) is 23.6. The van der Waals surface area contributed by atoms with Crippen molar-refractivity contribution in [2.45, 2.75) is 115 Å². The molecule has 2 saturated heterocycles. The van der Waals surface area contributed by atoms with E-state index >= 15 is 0 Å². The maximum absolute atomic E-state index is 12.6. The first-order valence-corrected chi connectivity index (χ1v) is 25.7. The van der Waals surface area contributed by atoms with Crippen molar-refractivity contribution in [1.82, 2.24) is 0 Å². The van der Waals surface area contributed by atoms with E-state index in [2.05, 4.69) is 0 Å². The topological polar surface area (TPSA) is 119 Å². The molecule has 7 aromatic rings. The van der Waals surface area contributed by atoms with Crippen LogP contribution in [0.25, 0.3) is 0 Å². The Bertz CT molecular complexity index is 2670. The lowest BCUT2D eigenvalue weighted by Crippen LogP contribution is -2.66. The molecule has 2 aliphatic heterocycles. The third-order valence-corrected chi connectivity index (χ3v) is 13.0. The Labute approximate surface area is 440 Å². The van der Waals surface area contributed by atoms with Crippen molar-refractivity contribution in [3.63, 3.8) is 0 Å². The molecule has 2 aliphatic rings. The van der Waals surface area contributed by atoms with Gasteiger partial charge in [0.05, 0.1) is 52.9 Å². The van der Waals surface area contributed by atoms with Gasteiger partial charge in [-0.2, -0.15) is 0 Å². The molecule has 0 saturated carbocycles. The molecule has 0 spiro atoms. The van der Waals surface area contributed by atoms with Gasteiger partial charge >= 0.3 is 5.97 Å². The molecule has 0 unspecified atom stereocenters. The van der Waals surface area contributed by atoms with Gasteiger partial charge in [0.25, 0.3) is 0 Å². The Kier molecular flexibility index (Phi) is 20.3. The summed E-state index contributed by atoms with van der Waals surface area (Å²) in [7, 11) is 0. The van der Waals surface area contributed by atoms with Crippen LogP contribution in [0.4, 0.5) is 0 Å². The van der Waals surface area contributed by atoms with Crippen LogP contribution in [0.1, 0.15) is 45.9 Å². The summed E-state index contributed by atoms with van der Waals surface area (Å²) in [5, 5.41) is 0. The van der Waals surface area contributed by atoms with Gasteiger partial charge in [0.1, 0.15) is 55.4 Å². The largest absolute Gasteiger partial charge is 0.463 e. The van der Waals surface area contributed by atoms with Crippen LogP contribution in [0.3, 0.4) is 0 Å². The predicted molar refractivity (Wildman–Crippen MR) is 281 cm³/mol. The Morgan fingerprint density at radius 3 is 0.880 bits per heavy atom. The van der Waals surface area contributed by atoms with E-state index in [1.54, 1.807) is 0 Å². The summed E-state index contributed by atoms with van der Waals surface area (Å²) >= 11 is 0. The first-order valence-electron chi connectivity index (χ1n) is 25.7. The molecule has 0 aromatic heterocycles. The van der Waals surface area contributed by atoms with Crippen molar-refractivity contribution in [1.29, 1.82) is 0 Å². The highest BCUT2D eigenvalue weighted by Crippen LogP contribution is 2.37. The first-order chi connectivity index (χ1) is 37.0. The van der Waals surface area contributed by atoms with Crippen LogP contribution >= 0.6 is 0 Å². The summed E-state index contributed by atoms with van der Waals surface area (Å²) in [6.07, 6.45) is -9.12. The lowest BCUT2D eigenvalue weighted by molar-refractivity contribution is -0.394. The minimum atomic E-state index is -1.22. The zero-order chi connectivity index (χ0) is 51.3. The second kappa shape index (κ2) is 28.5. The highest BCUT2D eigenvalue weighted by atomic mass is 16.8. The fourth-order valence-electron chi connectivity index (χ4n) is 9.18. The molecule has 12 heteroatoms. The highest BCUT2D eigenvalue weighted by molar-refractivity contribution is 5.65. The van der Waals surface area contributed by atoms with Gasteiger partial charge in [0.2, 0.25) is 0 Å². The number of esters is 1. The van der Waals surface area contributed by atoms with Gasteiger partial charge in [-0.05, 0) is 38.9 Å². The molecule has 2 fully saturated rings. The second-order valence-electron chi connectivity index (χ2n) is 18.6. The maximum atomic E-state index is 12.6. The minimum absolute atomic E-state index is 0.109. The predicted octanol–water partition coefficient (Wildman–Crippen LogP) is 10.7. The first kappa shape index (κ1) is 53.4. The Morgan fingerprint density at radius 1 is 0.333 bits per heavy atom. The molecule has 0 bridgehead atoms. The van der Waals surface area contributed by atoms with Crippen molar-refractivity contribution in [2.24, 2.45) is 0 Å². The number of carbonyl (C=O) groups is 1. The summed E-state index contributed by atoms with van der Waals surface area (Å²) < 4.78 is 75.6. The van der Waals surface area contributed by atoms with E-state index < -0.39 is 67.4 Å². The van der Waals surface area contributed by atoms with Gasteiger partial charge in [-0.3, -0.25) is 4.79 Å². The maximum Gasteiger partial charge on any atom is 0.302 e. The lowest BCUT2D eigenvalue weighted by atomic mass is 9.96. The number of benzene rings is 7. The molecule has 390 valence electrons. The fourth-order valence-corrected chi connectivity index (χ4v) is 9.18. The third-order valence-electron chi connectivity index (χ3n) is 13.0. The number of carbonyl (C=O) groups excluding carboxylic acids is 1. The van der Waals surface area contributed by atoms with E-state index in [0.717, 1.165) is 38.9 Å². The zero-order valence-corrected chi connectivity index (χ0v) is 42.2. The Hall–Kier alpha value is -6.39. The Morgan fingerprint density at radius 2 is 0.587 bits per heavy atom. The van der Waals surface area contributed by atoms with E-state index in [1.165, 1.54) is 6.92 Å². The molecule has 0 radical (unpaired) electrons. The van der Waals surface area contributed by atoms with Crippen molar-refractivity contribution in [2.75, 3.05) is 13.2 Å². The lowest BCUT2D eigenvalue weighted by Gasteiger charge is -2.49. The third kappa shape index (κ3) is 16.1. The summed E-state index contributed by atoms with van der Waals surface area (Å²) in [5.74, 6) is -0.481. The van der Waals surface area contributed by atoms with Crippen molar-refractivity contribution < 1.29 is 56.9 Å². The molecule has 0 N–H and O–H groups in total. The van der Waals surface area contributed by atoms with Crippen molar-refractivity contribution in [3.8, 4) is 0 Å². The van der Waals surface area contributed by atoms with Gasteiger partial charge in [-0.15, -0.1) is 0 Å². The van der Waals surface area contributed by atoms with Gasteiger partial charge < -0.3 is 52.1 Å². The average molecular weight is 1020 g/mol. The quantitative estimate of drug-likeness (QED) is 0.0481. The van der Waals surface area contributed by atoms with E-state index in [4.69, 9.17) is 52.1 Å². The zero-order valence-electron chi connectivity index (χ0n) is 42.2. The van der Waals surface area contributed by atoms with E-state index in [0.29, 0.717) is 6.61 Å². The monoisotopic (exact) mass is 1010 g/mol. The summed E-state index contributed by atoms with van der Waals surface area (Å²) in [4.78, 5) is 12.6. The van der Waals surface area contributed by atoms with Crippen molar-refractivity contribution in [3.05, 3.63) is 251 Å². The van der Waals surface area contributed by atoms with Gasteiger partial charge in [-0.25, -0.2) is 0 Å². The van der Waals surface area contributed by atoms with Crippen LogP contribution < -0.4 is 0 Å². The smallest absolute Gasteiger partial charge is 0.302 e. The second-order valence-corrected chi connectivity index (χ2v) is 18.6. The van der Waals surface area contributed by atoms with Crippen LogP contribution in [0.15, 0.2) is 212 Å². The molecule has 7 aromatic carbocycles. The number of hydrogen-bond donors (Lipinski definition) is 0. The van der Waals surface area contributed by atoms with E-state index in [-0.39, 0.29) is 52.9 Å². The van der Waals surface area contributed by atoms with Crippen molar-refractivity contribution >= 4 is 5.97 Å². The summed E-state index contributed by atoms with van der Waals surface area (Å²) in [6.45, 7) is 2.90. The van der Waals surface area contributed by atoms with E-state index in [1.807, 2.05) is 212 Å². The average Bonchev–Trinajstić information content (AvgIpc) is 3.46. The van der Waals surface area contributed by atoms with Crippen LogP contribution in [-0.4, -0.2) is 80.6 Å². The standard InChI is InChI=1S/C63H66O12/c1-46(64)66-45-55-57(68-39-49-27-13-4-14-28-49)59(70-41-51-31-17-6-18-32-51)61(72-43-53-35-21-8-22-36-53)63(74-55)75-62-60(71-42-52-33-19-7-20-34-52)58(69-40-50-29-15-5-16-30-50)56(67-38-48-25-11-3-12-26-48)54(73-62)44-65-37-47-23-9-2-10-24-47/h2-36,54-63H,37-45H2,1H3/t54-,55-,56+,57-,58+,59+,60-,61-,62-,63-/m1/s1. The number of ether oxygens (including phenoxy) is 11. The molecule has 2 heterocycles. The molecule has 0 aliphatic carbocycles. The molecule has 9 rings (SSSR count). The molecular formula is C63H66O12. The SMILES string of the molecule is CC(=O)OC[C@H]1O[C@H](O[C@H]2O[C@H](COCc3ccccc3)[C@H](OCc3ccccc3)[C@H](OCc3ccccc3)[C@H]2OCc2ccccc2)[C@H](OCc2ccccc2)[C@@H](OCc2ccccc2)[C@@H]1OCc1ccccc1. The van der Waals surface area contributed by atoms with Gasteiger partial charge in [-0.1, -0.05) is 212 Å². The van der Waals surface area contributed by atoms with Crippen LogP contribution in [-0.2, 0) is 103 Å². The minimum Gasteiger partial charge on any atom is -0.463 e. The summed E-state index contributed by atoms with van der Waals surface area (Å²) in [5.41, 5.74) is 6.66. The van der Waals surface area contributed by atoms with Crippen LogP contribution in [0.2, 0.25) is 0 Å². The fraction of sp³-hybridized carbons (Fsp3) is 0.317. The molecule has 0 amide bonds. The van der Waals surface area contributed by atoms with Gasteiger partial charge in [0.15, 0.2) is 12.6 Å².